The molecule has 1 fully saturated rings. The number of halogens is 1. The highest BCUT2D eigenvalue weighted by Gasteiger charge is 2.32. The molecule has 1 amide bonds. The molecule has 0 bridgehead atoms. The molecular weight excluding hydrogens is 271 g/mol. The summed E-state index contributed by atoms with van der Waals surface area (Å²) < 4.78 is 18.5. The normalized spacial score (nSPS) is 27.1. The van der Waals surface area contributed by atoms with Gasteiger partial charge in [0.2, 0.25) is 0 Å². The van der Waals surface area contributed by atoms with E-state index < -0.39 is 0 Å². The molecule has 1 aromatic carbocycles. The summed E-state index contributed by atoms with van der Waals surface area (Å²) in [4.78, 5) is 13.5. The van der Waals surface area contributed by atoms with Crippen LogP contribution >= 0.6 is 0 Å². The molecule has 2 N–H and O–H groups in total. The Bertz CT molecular complexity index is 468. The minimum atomic E-state index is -0.265. The van der Waals surface area contributed by atoms with Gasteiger partial charge in [0.1, 0.15) is 31.1 Å². The van der Waals surface area contributed by atoms with Crippen LogP contribution in [0.25, 0.3) is 0 Å². The second-order valence-electron chi connectivity index (χ2n) is 5.89. The van der Waals surface area contributed by atoms with E-state index in [2.05, 4.69) is 5.32 Å². The molecule has 0 aromatic heterocycles. The predicted molar refractivity (Wildman–Crippen MR) is 78.4 cm³/mol. The van der Waals surface area contributed by atoms with Gasteiger partial charge in [-0.25, -0.2) is 4.39 Å². The van der Waals surface area contributed by atoms with E-state index in [0.29, 0.717) is 6.54 Å². The number of quaternary nitrogens is 1. The minimum Gasteiger partial charge on any atom is -0.364 e. The maximum absolute atomic E-state index is 12.8. The second kappa shape index (κ2) is 7.00. The molecular formula is C16H24FN2O2+. The first-order valence-corrected chi connectivity index (χ1v) is 7.48. The lowest BCUT2D eigenvalue weighted by Gasteiger charge is -2.35. The average Bonchev–Trinajstić information content (AvgIpc) is 2.44. The van der Waals surface area contributed by atoms with Crippen LogP contribution in [0.1, 0.15) is 26.3 Å². The summed E-state index contributed by atoms with van der Waals surface area (Å²) in [5.74, 6) is -0.241. The van der Waals surface area contributed by atoms with E-state index in [1.807, 2.05) is 20.8 Å². The Hall–Kier alpha value is -1.46. The van der Waals surface area contributed by atoms with E-state index in [0.717, 1.165) is 18.7 Å². The molecule has 0 radical (unpaired) electrons. The average molecular weight is 295 g/mol. The van der Waals surface area contributed by atoms with E-state index in [4.69, 9.17) is 4.74 Å². The van der Waals surface area contributed by atoms with Crippen LogP contribution in [0, 0.1) is 5.82 Å². The lowest BCUT2D eigenvalue weighted by Crippen LogP contribution is -3.19. The number of ether oxygens (including phenoxy) is 1. The highest BCUT2D eigenvalue weighted by molar-refractivity contribution is 5.79. The van der Waals surface area contributed by atoms with E-state index in [9.17, 15) is 9.18 Å². The number of carbonyl (C=O) groups is 1. The summed E-state index contributed by atoms with van der Waals surface area (Å²) in [6, 6.07) is 6.07. The van der Waals surface area contributed by atoms with Gasteiger partial charge in [0.25, 0.3) is 5.91 Å². The number of morpholine rings is 1. The van der Waals surface area contributed by atoms with Crippen LogP contribution in [0.15, 0.2) is 24.3 Å². The molecule has 1 aliphatic rings. The van der Waals surface area contributed by atoms with Crippen molar-refractivity contribution < 1.29 is 18.8 Å². The van der Waals surface area contributed by atoms with E-state index >= 15 is 0 Å². The topological polar surface area (TPSA) is 42.8 Å². The van der Waals surface area contributed by atoms with Gasteiger partial charge in [-0.1, -0.05) is 12.1 Å². The number of hydrogen-bond acceptors (Lipinski definition) is 2. The van der Waals surface area contributed by atoms with Crippen LogP contribution in [-0.4, -0.2) is 37.2 Å². The summed E-state index contributed by atoms with van der Waals surface area (Å²) >= 11 is 0. The van der Waals surface area contributed by atoms with Crippen molar-refractivity contribution in [2.24, 2.45) is 0 Å². The zero-order chi connectivity index (χ0) is 15.4. The van der Waals surface area contributed by atoms with Gasteiger partial charge in [-0.15, -0.1) is 0 Å². The monoisotopic (exact) mass is 295 g/mol. The van der Waals surface area contributed by atoms with Crippen LogP contribution in [0.5, 0.6) is 0 Å². The molecule has 4 nitrogen and oxygen atoms in total. The lowest BCUT2D eigenvalue weighted by molar-refractivity contribution is -0.928. The molecule has 5 heteroatoms. The SMILES string of the molecule is C[C@@H]1C[NH+]([C@@H](C)C(=O)NCc2ccc(F)cc2)C[C@@H](C)O1. The summed E-state index contributed by atoms with van der Waals surface area (Å²) in [7, 11) is 0. The third-order valence-electron chi connectivity index (χ3n) is 3.95. The lowest BCUT2D eigenvalue weighted by atomic mass is 10.1. The number of hydrogen-bond donors (Lipinski definition) is 2. The number of amides is 1. The van der Waals surface area contributed by atoms with Gasteiger partial charge in [-0.05, 0) is 38.5 Å². The van der Waals surface area contributed by atoms with Crippen molar-refractivity contribution in [3.05, 3.63) is 35.6 Å². The first-order chi connectivity index (χ1) is 9.95. The van der Waals surface area contributed by atoms with Gasteiger partial charge >= 0.3 is 0 Å². The minimum absolute atomic E-state index is 0.0237. The summed E-state index contributed by atoms with van der Waals surface area (Å²) in [6.45, 7) is 8.14. The molecule has 0 saturated carbocycles. The van der Waals surface area contributed by atoms with Crippen molar-refractivity contribution in [2.75, 3.05) is 13.1 Å². The van der Waals surface area contributed by atoms with Crippen LogP contribution in [0.3, 0.4) is 0 Å². The summed E-state index contributed by atoms with van der Waals surface area (Å²) in [5, 5.41) is 2.92. The molecule has 0 aliphatic carbocycles. The number of rotatable bonds is 4. The van der Waals surface area contributed by atoms with Gasteiger partial charge in [-0.3, -0.25) is 4.79 Å². The molecule has 1 heterocycles. The van der Waals surface area contributed by atoms with Crippen molar-refractivity contribution in [3.8, 4) is 0 Å². The Balaban J connectivity index is 1.86. The fourth-order valence-electron chi connectivity index (χ4n) is 2.80. The third kappa shape index (κ3) is 4.51. The Morgan fingerprint density at radius 1 is 1.33 bits per heavy atom. The molecule has 21 heavy (non-hydrogen) atoms. The molecule has 1 aromatic rings. The number of benzene rings is 1. The maximum Gasteiger partial charge on any atom is 0.278 e. The Labute approximate surface area is 125 Å². The maximum atomic E-state index is 12.8. The highest BCUT2D eigenvalue weighted by atomic mass is 19.1. The molecule has 0 spiro atoms. The van der Waals surface area contributed by atoms with Crippen LogP contribution in [0.2, 0.25) is 0 Å². The first kappa shape index (κ1) is 15.9. The zero-order valence-electron chi connectivity index (χ0n) is 12.9. The van der Waals surface area contributed by atoms with E-state index in [1.54, 1.807) is 12.1 Å². The molecule has 0 unspecified atom stereocenters. The van der Waals surface area contributed by atoms with Gasteiger partial charge in [0.15, 0.2) is 6.04 Å². The van der Waals surface area contributed by atoms with Gasteiger partial charge in [0.05, 0.1) is 0 Å². The summed E-state index contributed by atoms with van der Waals surface area (Å²) in [5.41, 5.74) is 0.899. The fourth-order valence-corrected chi connectivity index (χ4v) is 2.80. The van der Waals surface area contributed by atoms with Crippen molar-refractivity contribution in [1.29, 1.82) is 0 Å². The van der Waals surface area contributed by atoms with Crippen molar-refractivity contribution in [1.82, 2.24) is 5.32 Å². The standard InChI is InChI=1S/C16H23FN2O2/c1-11-9-19(10-12(2)21-11)13(3)16(20)18-8-14-4-6-15(17)7-5-14/h4-7,11-13H,8-10H2,1-3H3,(H,18,20)/p+1/t11-,12-,13+/m1/s1. The first-order valence-electron chi connectivity index (χ1n) is 7.48. The third-order valence-corrected chi connectivity index (χ3v) is 3.95. The van der Waals surface area contributed by atoms with Gasteiger partial charge < -0.3 is 15.0 Å². The van der Waals surface area contributed by atoms with Crippen molar-refractivity contribution >= 4 is 5.91 Å². The molecule has 116 valence electrons. The summed E-state index contributed by atoms with van der Waals surface area (Å²) in [6.07, 6.45) is 0.354. The van der Waals surface area contributed by atoms with Crippen LogP contribution in [0.4, 0.5) is 4.39 Å². The van der Waals surface area contributed by atoms with Crippen LogP contribution < -0.4 is 10.2 Å². The van der Waals surface area contributed by atoms with Gasteiger partial charge in [0, 0.05) is 6.54 Å². The zero-order valence-corrected chi connectivity index (χ0v) is 12.9. The van der Waals surface area contributed by atoms with Crippen LogP contribution in [-0.2, 0) is 16.1 Å². The van der Waals surface area contributed by atoms with E-state index in [1.165, 1.54) is 17.0 Å². The van der Waals surface area contributed by atoms with E-state index in [-0.39, 0.29) is 30.0 Å². The molecule has 2 rings (SSSR count). The Morgan fingerprint density at radius 2 is 1.90 bits per heavy atom. The predicted octanol–water partition coefficient (Wildman–Crippen LogP) is 0.523. The number of carbonyl (C=O) groups excluding carboxylic acids is 1. The fraction of sp³-hybridized carbons (Fsp3) is 0.562. The quantitative estimate of drug-likeness (QED) is 0.850. The van der Waals surface area contributed by atoms with Crippen molar-refractivity contribution in [3.63, 3.8) is 0 Å². The second-order valence-corrected chi connectivity index (χ2v) is 5.89. The molecule has 1 saturated heterocycles. The highest BCUT2D eigenvalue weighted by Crippen LogP contribution is 2.02. The van der Waals surface area contributed by atoms with Crippen molar-refractivity contribution in [2.45, 2.75) is 45.6 Å². The smallest absolute Gasteiger partial charge is 0.278 e. The Kier molecular flexibility index (Phi) is 5.31. The van der Waals surface area contributed by atoms with Gasteiger partial charge in [-0.2, -0.15) is 0 Å². The molecule has 1 aliphatic heterocycles. The largest absolute Gasteiger partial charge is 0.364 e. The molecule has 3 atom stereocenters. The Morgan fingerprint density at radius 3 is 2.48 bits per heavy atom. The number of nitrogens with one attached hydrogen (secondary N) is 2.